The minimum Gasteiger partial charge on any atom is -0.337 e. The van der Waals surface area contributed by atoms with E-state index in [1.165, 1.54) is 6.20 Å². The Hall–Kier alpha value is -1.05. The van der Waals surface area contributed by atoms with Gasteiger partial charge in [-0.1, -0.05) is 17.7 Å². The van der Waals surface area contributed by atoms with Gasteiger partial charge < -0.3 is 4.57 Å². The standard InChI is InChI=1S/C11H11BrClN3O2S/c1-7-14-10(6-16(7)2)19(17,18)15-9-5-3-4-8(13)11(9)12/h3-6,15H,1-2H3. The predicted molar refractivity (Wildman–Crippen MR) is 77.9 cm³/mol. The number of sulfonamides is 1. The number of hydrogen-bond donors (Lipinski definition) is 1. The Morgan fingerprint density at radius 2 is 2.11 bits per heavy atom. The molecule has 0 spiro atoms. The Morgan fingerprint density at radius 1 is 1.42 bits per heavy atom. The summed E-state index contributed by atoms with van der Waals surface area (Å²) < 4.78 is 28.9. The van der Waals surface area contributed by atoms with Crippen molar-refractivity contribution >= 4 is 43.2 Å². The average molecular weight is 365 g/mol. The van der Waals surface area contributed by atoms with E-state index in [9.17, 15) is 8.42 Å². The second kappa shape index (κ2) is 5.15. The highest BCUT2D eigenvalue weighted by Gasteiger charge is 2.20. The number of nitrogens with zero attached hydrogens (tertiary/aromatic N) is 2. The van der Waals surface area contributed by atoms with Gasteiger partial charge in [-0.15, -0.1) is 0 Å². The third-order valence-electron chi connectivity index (χ3n) is 2.56. The monoisotopic (exact) mass is 363 g/mol. The summed E-state index contributed by atoms with van der Waals surface area (Å²) in [7, 11) is -1.99. The Bertz CT molecular complexity index is 708. The van der Waals surface area contributed by atoms with Gasteiger partial charge in [-0.2, -0.15) is 8.42 Å². The van der Waals surface area contributed by atoms with E-state index in [4.69, 9.17) is 11.6 Å². The molecule has 0 saturated heterocycles. The van der Waals surface area contributed by atoms with E-state index in [1.807, 2.05) is 0 Å². The summed E-state index contributed by atoms with van der Waals surface area (Å²) in [6.45, 7) is 1.73. The highest BCUT2D eigenvalue weighted by molar-refractivity contribution is 9.10. The van der Waals surface area contributed by atoms with Crippen LogP contribution in [0.25, 0.3) is 0 Å². The van der Waals surface area contributed by atoms with E-state index in [1.54, 1.807) is 36.7 Å². The number of nitrogens with one attached hydrogen (secondary N) is 1. The van der Waals surface area contributed by atoms with E-state index in [0.29, 0.717) is 21.0 Å². The first kappa shape index (κ1) is 14.4. The van der Waals surface area contributed by atoms with E-state index in [-0.39, 0.29) is 5.03 Å². The first-order valence-electron chi connectivity index (χ1n) is 5.28. The van der Waals surface area contributed by atoms with Crippen molar-refractivity contribution in [1.29, 1.82) is 0 Å². The summed E-state index contributed by atoms with van der Waals surface area (Å²) in [5.74, 6) is 0.616. The first-order valence-corrected chi connectivity index (χ1v) is 7.93. The molecule has 2 rings (SSSR count). The number of imidazole rings is 1. The molecule has 1 N–H and O–H groups in total. The number of aromatic nitrogens is 2. The molecule has 0 unspecified atom stereocenters. The van der Waals surface area contributed by atoms with E-state index >= 15 is 0 Å². The maximum Gasteiger partial charge on any atom is 0.280 e. The molecule has 1 aromatic heterocycles. The smallest absolute Gasteiger partial charge is 0.280 e. The van der Waals surface area contributed by atoms with E-state index in [2.05, 4.69) is 25.6 Å². The predicted octanol–water partition coefficient (Wildman–Crippen LogP) is 2.95. The molecule has 0 amide bonds. The van der Waals surface area contributed by atoms with Crippen molar-refractivity contribution in [2.24, 2.45) is 7.05 Å². The maximum atomic E-state index is 12.2. The second-order valence-electron chi connectivity index (χ2n) is 3.94. The molecular formula is C11H11BrClN3O2S. The van der Waals surface area contributed by atoms with Crippen LogP contribution in [0.15, 0.2) is 33.9 Å². The summed E-state index contributed by atoms with van der Waals surface area (Å²) in [6, 6.07) is 4.94. The van der Waals surface area contributed by atoms with Crippen LogP contribution < -0.4 is 4.72 Å². The maximum absolute atomic E-state index is 12.2. The zero-order valence-electron chi connectivity index (χ0n) is 10.2. The molecule has 1 heterocycles. The zero-order chi connectivity index (χ0) is 14.2. The molecule has 0 fully saturated rings. The molecule has 0 radical (unpaired) electrons. The molecule has 2 aromatic rings. The van der Waals surface area contributed by atoms with Crippen LogP contribution in [0.1, 0.15) is 5.82 Å². The fourth-order valence-electron chi connectivity index (χ4n) is 1.44. The van der Waals surface area contributed by atoms with Gasteiger partial charge in [0.2, 0.25) is 0 Å². The van der Waals surface area contributed by atoms with Gasteiger partial charge in [0.25, 0.3) is 10.0 Å². The lowest BCUT2D eigenvalue weighted by Gasteiger charge is -2.08. The van der Waals surface area contributed by atoms with Crippen molar-refractivity contribution in [3.63, 3.8) is 0 Å². The van der Waals surface area contributed by atoms with Gasteiger partial charge in [0.1, 0.15) is 5.82 Å². The molecular weight excluding hydrogens is 354 g/mol. The Balaban J connectivity index is 2.39. The van der Waals surface area contributed by atoms with Gasteiger partial charge in [-0.05, 0) is 35.0 Å². The van der Waals surface area contributed by atoms with Gasteiger partial charge in [-0.25, -0.2) is 4.98 Å². The Kier molecular flexibility index (Phi) is 3.89. The molecule has 0 bridgehead atoms. The second-order valence-corrected chi connectivity index (χ2v) is 6.77. The van der Waals surface area contributed by atoms with Gasteiger partial charge in [0, 0.05) is 13.2 Å². The topological polar surface area (TPSA) is 64.0 Å². The molecule has 1 aromatic carbocycles. The lowest BCUT2D eigenvalue weighted by atomic mass is 10.3. The molecule has 102 valence electrons. The largest absolute Gasteiger partial charge is 0.337 e. The zero-order valence-corrected chi connectivity index (χ0v) is 13.3. The molecule has 0 aliphatic rings. The summed E-state index contributed by atoms with van der Waals surface area (Å²) >= 11 is 9.16. The molecule has 0 saturated carbocycles. The van der Waals surface area contributed by atoms with Crippen molar-refractivity contribution in [2.45, 2.75) is 11.9 Å². The molecule has 0 aliphatic heterocycles. The van der Waals surface area contributed by atoms with Gasteiger partial charge >= 0.3 is 0 Å². The summed E-state index contributed by atoms with van der Waals surface area (Å²) in [5.41, 5.74) is 0.371. The highest BCUT2D eigenvalue weighted by Crippen LogP contribution is 2.31. The number of rotatable bonds is 3. The van der Waals surface area contributed by atoms with Gasteiger partial charge in [-0.3, -0.25) is 4.72 Å². The number of aryl methyl sites for hydroxylation is 2. The van der Waals surface area contributed by atoms with Crippen LogP contribution in [-0.2, 0) is 17.1 Å². The molecule has 8 heteroatoms. The minimum absolute atomic E-state index is 0.0284. The van der Waals surface area contributed by atoms with Crippen LogP contribution in [0.3, 0.4) is 0 Å². The van der Waals surface area contributed by atoms with E-state index in [0.717, 1.165) is 0 Å². The number of halogens is 2. The van der Waals surface area contributed by atoms with Crippen LogP contribution in [-0.4, -0.2) is 18.0 Å². The quantitative estimate of drug-likeness (QED) is 0.910. The summed E-state index contributed by atoms with van der Waals surface area (Å²) in [6.07, 6.45) is 1.45. The van der Waals surface area contributed by atoms with Crippen molar-refractivity contribution in [3.05, 3.63) is 39.7 Å². The number of benzene rings is 1. The fourth-order valence-corrected chi connectivity index (χ4v) is 3.22. The van der Waals surface area contributed by atoms with Crippen LogP contribution in [0.2, 0.25) is 5.02 Å². The van der Waals surface area contributed by atoms with Crippen molar-refractivity contribution < 1.29 is 8.42 Å². The van der Waals surface area contributed by atoms with Crippen molar-refractivity contribution in [2.75, 3.05) is 4.72 Å². The highest BCUT2D eigenvalue weighted by atomic mass is 79.9. The Labute approximate surface area is 124 Å². The summed E-state index contributed by atoms with van der Waals surface area (Å²) in [4.78, 5) is 3.99. The summed E-state index contributed by atoms with van der Waals surface area (Å²) in [5, 5.41) is 0.400. The SMILES string of the molecule is Cc1nc(S(=O)(=O)Nc2cccc(Cl)c2Br)cn1C. The Morgan fingerprint density at radius 3 is 2.68 bits per heavy atom. The van der Waals surface area contributed by atoms with Crippen LogP contribution in [0.4, 0.5) is 5.69 Å². The van der Waals surface area contributed by atoms with Crippen LogP contribution >= 0.6 is 27.5 Å². The number of hydrogen-bond acceptors (Lipinski definition) is 3. The van der Waals surface area contributed by atoms with Crippen LogP contribution in [0, 0.1) is 6.92 Å². The minimum atomic E-state index is -3.72. The lowest BCUT2D eigenvalue weighted by Crippen LogP contribution is -2.13. The van der Waals surface area contributed by atoms with E-state index < -0.39 is 10.0 Å². The molecule has 0 atom stereocenters. The molecule has 5 nitrogen and oxygen atoms in total. The third kappa shape index (κ3) is 2.93. The fraction of sp³-hybridized carbons (Fsp3) is 0.182. The number of anilines is 1. The molecule has 19 heavy (non-hydrogen) atoms. The lowest BCUT2D eigenvalue weighted by molar-refractivity contribution is 0.598. The van der Waals surface area contributed by atoms with Crippen LogP contribution in [0.5, 0.6) is 0 Å². The first-order chi connectivity index (χ1) is 8.81. The normalized spacial score (nSPS) is 11.6. The van der Waals surface area contributed by atoms with Crippen molar-refractivity contribution in [1.82, 2.24) is 9.55 Å². The van der Waals surface area contributed by atoms with Gasteiger partial charge in [0.15, 0.2) is 5.03 Å². The third-order valence-corrected chi connectivity index (χ3v) is 5.19. The van der Waals surface area contributed by atoms with Crippen molar-refractivity contribution in [3.8, 4) is 0 Å². The molecule has 0 aliphatic carbocycles. The average Bonchev–Trinajstić information content (AvgIpc) is 2.66. The van der Waals surface area contributed by atoms with Gasteiger partial charge in [0.05, 0.1) is 15.2 Å².